The van der Waals surface area contributed by atoms with Crippen LogP contribution in [0, 0.1) is 0 Å². The van der Waals surface area contributed by atoms with Crippen LogP contribution in [0.2, 0.25) is 0 Å². The van der Waals surface area contributed by atoms with Gasteiger partial charge >= 0.3 is 5.97 Å². The van der Waals surface area contributed by atoms with Crippen molar-refractivity contribution in [3.8, 4) is 11.1 Å². The molecule has 5 heteroatoms. The Balaban J connectivity index is 1.57. The van der Waals surface area contributed by atoms with Gasteiger partial charge in [0.1, 0.15) is 0 Å². The van der Waals surface area contributed by atoms with Crippen LogP contribution in [0.25, 0.3) is 22.0 Å². The van der Waals surface area contributed by atoms with Gasteiger partial charge in [0, 0.05) is 36.7 Å². The van der Waals surface area contributed by atoms with Crippen molar-refractivity contribution >= 4 is 16.9 Å². The van der Waals surface area contributed by atoms with Gasteiger partial charge in [-0.25, -0.2) is 4.79 Å². The molecule has 1 N–H and O–H groups in total. The van der Waals surface area contributed by atoms with Crippen molar-refractivity contribution in [2.24, 2.45) is 0 Å². The summed E-state index contributed by atoms with van der Waals surface area (Å²) in [5.74, 6) is -0.325. The quantitative estimate of drug-likeness (QED) is 0.732. The van der Waals surface area contributed by atoms with Gasteiger partial charge in [-0.3, -0.25) is 4.90 Å². The fourth-order valence-corrected chi connectivity index (χ4v) is 3.40. The fraction of sp³-hybridized carbons (Fsp3) is 0.286. The molecule has 134 valence electrons. The number of benzene rings is 2. The minimum Gasteiger partial charge on any atom is -0.465 e. The molecule has 0 radical (unpaired) electrons. The van der Waals surface area contributed by atoms with Gasteiger partial charge in [-0.15, -0.1) is 0 Å². The summed E-state index contributed by atoms with van der Waals surface area (Å²) in [6.45, 7) is 4.56. The summed E-state index contributed by atoms with van der Waals surface area (Å²) in [7, 11) is 1.40. The Morgan fingerprint density at radius 2 is 1.85 bits per heavy atom. The Morgan fingerprint density at radius 1 is 1.12 bits per heavy atom. The molecular formula is C21H22N2O3. The first-order valence-electron chi connectivity index (χ1n) is 8.83. The third-order valence-electron chi connectivity index (χ3n) is 4.88. The van der Waals surface area contributed by atoms with E-state index < -0.39 is 0 Å². The summed E-state index contributed by atoms with van der Waals surface area (Å²) < 4.78 is 10.3. The van der Waals surface area contributed by atoms with E-state index in [0.717, 1.165) is 54.9 Å². The summed E-state index contributed by atoms with van der Waals surface area (Å²) >= 11 is 0. The first-order chi connectivity index (χ1) is 12.7. The number of methoxy groups -OCH3 is 1. The lowest BCUT2D eigenvalue weighted by Gasteiger charge is -2.26. The van der Waals surface area contributed by atoms with Crippen LogP contribution in [0.5, 0.6) is 0 Å². The predicted octanol–water partition coefficient (Wildman–Crippen LogP) is 3.45. The number of H-pyrrole nitrogens is 1. The zero-order valence-electron chi connectivity index (χ0n) is 14.8. The van der Waals surface area contributed by atoms with E-state index >= 15 is 0 Å². The fourth-order valence-electron chi connectivity index (χ4n) is 3.40. The highest BCUT2D eigenvalue weighted by atomic mass is 16.5. The molecule has 0 aliphatic carbocycles. The summed E-state index contributed by atoms with van der Waals surface area (Å²) in [5.41, 5.74) is 5.01. The second-order valence-electron chi connectivity index (χ2n) is 6.54. The minimum absolute atomic E-state index is 0.325. The average molecular weight is 350 g/mol. The lowest BCUT2D eigenvalue weighted by atomic mass is 10.0. The number of aromatic nitrogens is 1. The van der Waals surface area contributed by atoms with Crippen LogP contribution in [-0.2, 0) is 16.0 Å². The second-order valence-corrected chi connectivity index (χ2v) is 6.54. The summed E-state index contributed by atoms with van der Waals surface area (Å²) in [6, 6.07) is 14.7. The largest absolute Gasteiger partial charge is 0.465 e. The predicted molar refractivity (Wildman–Crippen MR) is 101 cm³/mol. The van der Waals surface area contributed by atoms with E-state index in [2.05, 4.69) is 40.2 Å². The van der Waals surface area contributed by atoms with E-state index in [1.165, 1.54) is 12.7 Å². The summed E-state index contributed by atoms with van der Waals surface area (Å²) in [5, 5.41) is 0.881. The number of rotatable bonds is 4. The number of esters is 1. The molecule has 5 nitrogen and oxygen atoms in total. The number of carbonyl (C=O) groups is 1. The number of nitrogens with zero attached hydrogens (tertiary/aromatic N) is 1. The number of carbonyl (C=O) groups excluding carboxylic acids is 1. The maximum Gasteiger partial charge on any atom is 0.340 e. The lowest BCUT2D eigenvalue weighted by Crippen LogP contribution is -2.35. The minimum atomic E-state index is -0.325. The van der Waals surface area contributed by atoms with E-state index in [-0.39, 0.29) is 5.97 Å². The molecular weight excluding hydrogens is 328 g/mol. The van der Waals surface area contributed by atoms with Crippen LogP contribution in [0.4, 0.5) is 0 Å². The van der Waals surface area contributed by atoms with Crippen molar-refractivity contribution in [2.75, 3.05) is 33.4 Å². The molecule has 0 atom stereocenters. The maximum absolute atomic E-state index is 11.9. The Morgan fingerprint density at radius 3 is 2.58 bits per heavy atom. The lowest BCUT2D eigenvalue weighted by molar-refractivity contribution is 0.0342. The van der Waals surface area contributed by atoms with Crippen molar-refractivity contribution in [3.63, 3.8) is 0 Å². The summed E-state index contributed by atoms with van der Waals surface area (Å²) in [6.07, 6.45) is 1.70. The van der Waals surface area contributed by atoms with Crippen LogP contribution in [0.15, 0.2) is 48.7 Å². The van der Waals surface area contributed by atoms with E-state index in [9.17, 15) is 4.79 Å². The van der Waals surface area contributed by atoms with Gasteiger partial charge < -0.3 is 14.5 Å². The molecule has 0 unspecified atom stereocenters. The van der Waals surface area contributed by atoms with Crippen LogP contribution in [-0.4, -0.2) is 49.3 Å². The molecule has 26 heavy (non-hydrogen) atoms. The zero-order valence-corrected chi connectivity index (χ0v) is 14.8. The third-order valence-corrected chi connectivity index (χ3v) is 4.88. The smallest absolute Gasteiger partial charge is 0.340 e. The van der Waals surface area contributed by atoms with Gasteiger partial charge in [0.15, 0.2) is 0 Å². The number of fused-ring (bicyclic) bond motifs is 1. The normalized spacial score (nSPS) is 15.3. The van der Waals surface area contributed by atoms with Gasteiger partial charge in [-0.1, -0.05) is 30.3 Å². The Kier molecular flexibility index (Phi) is 4.73. The van der Waals surface area contributed by atoms with Crippen molar-refractivity contribution in [3.05, 3.63) is 59.8 Å². The molecule has 2 aromatic carbocycles. The molecule has 1 fully saturated rings. The zero-order chi connectivity index (χ0) is 17.9. The number of nitrogens with one attached hydrogen (secondary N) is 1. The highest BCUT2D eigenvalue weighted by Crippen LogP contribution is 2.27. The molecule has 0 spiro atoms. The van der Waals surface area contributed by atoms with E-state index in [4.69, 9.17) is 9.47 Å². The van der Waals surface area contributed by atoms with Crippen molar-refractivity contribution < 1.29 is 14.3 Å². The number of hydrogen-bond acceptors (Lipinski definition) is 4. The molecule has 3 aromatic rings. The van der Waals surface area contributed by atoms with Crippen molar-refractivity contribution in [1.29, 1.82) is 0 Å². The van der Waals surface area contributed by atoms with Gasteiger partial charge in [0.25, 0.3) is 0 Å². The monoisotopic (exact) mass is 350 g/mol. The molecule has 4 rings (SSSR count). The summed E-state index contributed by atoms with van der Waals surface area (Å²) in [4.78, 5) is 17.4. The van der Waals surface area contributed by atoms with E-state index in [0.29, 0.717) is 5.56 Å². The first kappa shape index (κ1) is 16.8. The topological polar surface area (TPSA) is 54.6 Å². The van der Waals surface area contributed by atoms with Gasteiger partial charge in [0.05, 0.1) is 25.9 Å². The molecule has 1 aliphatic rings. The Labute approximate surface area is 152 Å². The molecule has 2 heterocycles. The number of aromatic amines is 1. The van der Waals surface area contributed by atoms with Gasteiger partial charge in [-0.2, -0.15) is 0 Å². The number of morpholine rings is 1. The molecule has 0 amide bonds. The standard InChI is InChI=1S/C21H22N2O3/c1-25-21(24)19-13-22-20-7-6-17(12-18(19)20)16-4-2-15(3-5-16)14-23-8-10-26-11-9-23/h2-7,12-13,22H,8-11,14H2,1H3. The molecule has 1 aliphatic heterocycles. The maximum atomic E-state index is 11.9. The number of ether oxygens (including phenoxy) is 2. The third kappa shape index (κ3) is 3.36. The second kappa shape index (κ2) is 7.32. The van der Waals surface area contributed by atoms with Crippen LogP contribution in [0.3, 0.4) is 0 Å². The molecule has 1 saturated heterocycles. The van der Waals surface area contributed by atoms with Crippen LogP contribution < -0.4 is 0 Å². The Bertz CT molecular complexity index is 909. The van der Waals surface area contributed by atoms with E-state index in [1.807, 2.05) is 12.1 Å². The SMILES string of the molecule is COC(=O)c1c[nH]c2ccc(-c3ccc(CN4CCOCC4)cc3)cc12. The highest BCUT2D eigenvalue weighted by molar-refractivity contribution is 6.05. The van der Waals surface area contributed by atoms with Crippen molar-refractivity contribution in [2.45, 2.75) is 6.54 Å². The molecule has 0 saturated carbocycles. The van der Waals surface area contributed by atoms with Crippen LogP contribution in [0.1, 0.15) is 15.9 Å². The van der Waals surface area contributed by atoms with Crippen molar-refractivity contribution in [1.82, 2.24) is 9.88 Å². The average Bonchev–Trinajstić information content (AvgIpc) is 3.12. The van der Waals surface area contributed by atoms with Crippen LogP contribution >= 0.6 is 0 Å². The molecule has 1 aromatic heterocycles. The first-order valence-corrected chi connectivity index (χ1v) is 8.83. The Hall–Kier alpha value is -2.63. The van der Waals surface area contributed by atoms with Gasteiger partial charge in [-0.05, 0) is 28.8 Å². The van der Waals surface area contributed by atoms with Gasteiger partial charge in [0.2, 0.25) is 0 Å². The van der Waals surface area contributed by atoms with E-state index in [1.54, 1.807) is 6.20 Å². The molecule has 0 bridgehead atoms. The number of hydrogen-bond donors (Lipinski definition) is 1. The highest BCUT2D eigenvalue weighted by Gasteiger charge is 2.13.